The minimum absolute atomic E-state index is 0.0457. The number of ether oxygens (including phenoxy) is 5. The molecule has 1 aromatic rings. The van der Waals surface area contributed by atoms with Crippen molar-refractivity contribution in [1.82, 2.24) is 4.90 Å². The van der Waals surface area contributed by atoms with Crippen LogP contribution >= 0.6 is 0 Å². The van der Waals surface area contributed by atoms with E-state index in [2.05, 4.69) is 0 Å². The van der Waals surface area contributed by atoms with Crippen molar-refractivity contribution in [2.24, 2.45) is 0 Å². The first-order valence-electron chi connectivity index (χ1n) is 11.2. The molecule has 2 saturated heterocycles. The number of benzene rings is 1. The zero-order valence-corrected chi connectivity index (χ0v) is 18.0. The van der Waals surface area contributed by atoms with Crippen LogP contribution in [0.1, 0.15) is 56.1 Å². The van der Waals surface area contributed by atoms with Gasteiger partial charge in [0.2, 0.25) is 12.9 Å². The Bertz CT molecular complexity index is 925. The van der Waals surface area contributed by atoms with Crippen molar-refractivity contribution in [2.45, 2.75) is 70.0 Å². The number of nitrogens with zero attached hydrogens (tertiary/aromatic N) is 1. The minimum atomic E-state index is -1.20. The first kappa shape index (κ1) is 21.2. The predicted molar refractivity (Wildman–Crippen MR) is 109 cm³/mol. The predicted octanol–water partition coefficient (Wildman–Crippen LogP) is 2.05. The average molecular weight is 445 g/mol. The van der Waals surface area contributed by atoms with Crippen LogP contribution in [0.2, 0.25) is 0 Å². The molecule has 4 atom stereocenters. The minimum Gasteiger partial charge on any atom is -0.454 e. The molecule has 5 rings (SSSR count). The smallest absolute Gasteiger partial charge is 0.303 e. The molecule has 9 nitrogen and oxygen atoms in total. The van der Waals surface area contributed by atoms with Crippen molar-refractivity contribution in [3.8, 4) is 11.5 Å². The van der Waals surface area contributed by atoms with E-state index in [1.165, 1.54) is 6.92 Å². The molecule has 0 aromatic heterocycles. The second-order valence-corrected chi connectivity index (χ2v) is 8.68. The van der Waals surface area contributed by atoms with Gasteiger partial charge in [-0.25, -0.2) is 0 Å². The molecular formula is C23H27NO8. The molecule has 4 heterocycles. The molecule has 0 radical (unpaired) electrons. The Balaban J connectivity index is 1.51. The van der Waals surface area contributed by atoms with Crippen LogP contribution in [0.5, 0.6) is 11.5 Å². The Hall–Kier alpha value is -2.65. The number of fused-ring (bicyclic) bond motifs is 6. The van der Waals surface area contributed by atoms with Crippen LogP contribution in [0, 0.1) is 0 Å². The number of carbonyl (C=O) groups excluding carboxylic acids is 3. The van der Waals surface area contributed by atoms with E-state index in [4.69, 9.17) is 23.7 Å². The monoisotopic (exact) mass is 445 g/mol. The largest absolute Gasteiger partial charge is 0.454 e. The van der Waals surface area contributed by atoms with Crippen molar-refractivity contribution in [2.75, 3.05) is 19.9 Å². The van der Waals surface area contributed by atoms with Gasteiger partial charge in [0.05, 0.1) is 0 Å². The van der Waals surface area contributed by atoms with Crippen LogP contribution in [-0.4, -0.2) is 61.0 Å². The number of amides is 1. The molecule has 2 fully saturated rings. The van der Waals surface area contributed by atoms with Gasteiger partial charge in [0.1, 0.15) is 11.9 Å². The van der Waals surface area contributed by atoms with Gasteiger partial charge in [-0.3, -0.25) is 14.4 Å². The molecule has 4 aliphatic rings. The summed E-state index contributed by atoms with van der Waals surface area (Å²) in [6, 6.07) is 3.70. The summed E-state index contributed by atoms with van der Waals surface area (Å²) < 4.78 is 28.2. The van der Waals surface area contributed by atoms with Gasteiger partial charge in [0.25, 0.3) is 5.91 Å². The molecule has 9 heteroatoms. The maximum absolute atomic E-state index is 13.6. The van der Waals surface area contributed by atoms with Gasteiger partial charge in [-0.2, -0.15) is 0 Å². The van der Waals surface area contributed by atoms with Crippen LogP contribution in [0.4, 0.5) is 0 Å². The summed E-state index contributed by atoms with van der Waals surface area (Å²) in [4.78, 5) is 40.6. The quantitative estimate of drug-likeness (QED) is 0.652. The van der Waals surface area contributed by atoms with E-state index in [0.717, 1.165) is 24.0 Å². The number of Topliss-reactive ketones (excluding diaryl/α,β-unsaturated/α-hetero) is 1. The molecule has 0 aliphatic carbocycles. The summed E-state index contributed by atoms with van der Waals surface area (Å²) in [7, 11) is 0. The summed E-state index contributed by atoms with van der Waals surface area (Å²) >= 11 is 0. The van der Waals surface area contributed by atoms with Crippen LogP contribution < -0.4 is 9.47 Å². The third-order valence-corrected chi connectivity index (χ3v) is 6.50. The van der Waals surface area contributed by atoms with Crippen molar-refractivity contribution >= 4 is 17.7 Å². The zero-order chi connectivity index (χ0) is 22.2. The normalized spacial score (nSPS) is 29.6. The van der Waals surface area contributed by atoms with E-state index in [1.54, 1.807) is 4.90 Å². The lowest BCUT2D eigenvalue weighted by Gasteiger charge is -2.33. The fraction of sp³-hybridized carbons (Fsp3) is 0.609. The average Bonchev–Trinajstić information content (AvgIpc) is 3.15. The lowest BCUT2D eigenvalue weighted by Crippen LogP contribution is -2.49. The van der Waals surface area contributed by atoms with Gasteiger partial charge in [0.15, 0.2) is 17.8 Å². The van der Waals surface area contributed by atoms with Gasteiger partial charge >= 0.3 is 5.97 Å². The molecule has 172 valence electrons. The van der Waals surface area contributed by atoms with Crippen LogP contribution in [0.25, 0.3) is 0 Å². The topological polar surface area (TPSA) is 101 Å². The second-order valence-electron chi connectivity index (χ2n) is 8.68. The van der Waals surface area contributed by atoms with E-state index in [0.29, 0.717) is 44.0 Å². The lowest BCUT2D eigenvalue weighted by molar-refractivity contribution is -0.215. The summed E-state index contributed by atoms with van der Waals surface area (Å²) in [5, 5.41) is 0. The Morgan fingerprint density at radius 3 is 2.69 bits per heavy atom. The third kappa shape index (κ3) is 4.06. The summed E-state index contributed by atoms with van der Waals surface area (Å²) in [5.74, 6) is -0.204. The van der Waals surface area contributed by atoms with Gasteiger partial charge in [-0.15, -0.1) is 0 Å². The molecule has 0 spiro atoms. The molecule has 4 aliphatic heterocycles. The van der Waals surface area contributed by atoms with Gasteiger partial charge in [-0.05, 0) is 48.9 Å². The van der Waals surface area contributed by atoms with Crippen molar-refractivity contribution in [1.29, 1.82) is 0 Å². The fourth-order valence-electron chi connectivity index (χ4n) is 4.93. The molecule has 1 aromatic carbocycles. The number of rotatable bonds is 3. The SMILES string of the molecule is CC(=O)O[C@@H]1C(=O)N2CC[C@@H](C(=O)C[C@H]1OC1CCCCO1)c1cc3c(cc1C2)OCO3. The van der Waals surface area contributed by atoms with E-state index >= 15 is 0 Å². The summed E-state index contributed by atoms with van der Waals surface area (Å²) in [6.07, 6.45) is 0.365. The van der Waals surface area contributed by atoms with E-state index in [9.17, 15) is 14.4 Å². The zero-order valence-electron chi connectivity index (χ0n) is 18.0. The summed E-state index contributed by atoms with van der Waals surface area (Å²) in [5.41, 5.74) is 1.70. The van der Waals surface area contributed by atoms with Gasteiger partial charge in [0, 0.05) is 39.0 Å². The third-order valence-electron chi connectivity index (χ3n) is 6.50. The van der Waals surface area contributed by atoms with E-state index in [1.807, 2.05) is 12.1 Å². The van der Waals surface area contributed by atoms with Crippen molar-refractivity contribution in [3.05, 3.63) is 23.3 Å². The van der Waals surface area contributed by atoms with Crippen LogP contribution in [-0.2, 0) is 35.1 Å². The van der Waals surface area contributed by atoms with Gasteiger partial charge < -0.3 is 28.6 Å². The van der Waals surface area contributed by atoms with Crippen LogP contribution in [0.15, 0.2) is 12.1 Å². The highest BCUT2D eigenvalue weighted by atomic mass is 16.7. The molecule has 0 N–H and O–H groups in total. The van der Waals surface area contributed by atoms with Crippen LogP contribution in [0.3, 0.4) is 0 Å². The van der Waals surface area contributed by atoms with Gasteiger partial charge in [-0.1, -0.05) is 0 Å². The lowest BCUT2D eigenvalue weighted by atomic mass is 9.86. The number of esters is 1. The first-order valence-corrected chi connectivity index (χ1v) is 11.2. The Morgan fingerprint density at radius 2 is 1.94 bits per heavy atom. The Morgan fingerprint density at radius 1 is 1.12 bits per heavy atom. The maximum atomic E-state index is 13.6. The maximum Gasteiger partial charge on any atom is 0.303 e. The number of ketones is 1. The highest BCUT2D eigenvalue weighted by Gasteiger charge is 2.43. The summed E-state index contributed by atoms with van der Waals surface area (Å²) in [6.45, 7) is 2.61. The number of hydrogen-bond donors (Lipinski definition) is 0. The Kier molecular flexibility index (Phi) is 5.77. The fourth-order valence-corrected chi connectivity index (χ4v) is 4.93. The Labute approximate surface area is 185 Å². The second kappa shape index (κ2) is 8.71. The number of carbonyl (C=O) groups is 3. The molecule has 1 unspecified atom stereocenters. The van der Waals surface area contributed by atoms with E-state index < -0.39 is 30.4 Å². The molecular weight excluding hydrogens is 418 g/mol. The molecule has 1 amide bonds. The molecule has 2 bridgehead atoms. The first-order chi connectivity index (χ1) is 15.5. The van der Waals surface area contributed by atoms with Crippen molar-refractivity contribution in [3.63, 3.8) is 0 Å². The number of hydrogen-bond acceptors (Lipinski definition) is 8. The standard InChI is InChI=1S/C23H27NO8/c1-13(25)31-22-20(32-21-4-2-3-7-28-21)10-17(26)15-5-6-24(23(22)27)11-14-8-18-19(9-16(14)15)30-12-29-18/h8-9,15,20-22H,2-7,10-12H2,1H3/t15-,20-,21?,22+/m1/s1. The van der Waals surface area contributed by atoms with E-state index in [-0.39, 0.29) is 24.9 Å². The highest BCUT2D eigenvalue weighted by Crippen LogP contribution is 2.41. The molecule has 0 saturated carbocycles. The highest BCUT2D eigenvalue weighted by molar-refractivity contribution is 5.91. The van der Waals surface area contributed by atoms with Crippen molar-refractivity contribution < 1.29 is 38.1 Å². The molecule has 32 heavy (non-hydrogen) atoms.